The van der Waals surface area contributed by atoms with Gasteiger partial charge < -0.3 is 10.4 Å². The number of nitrogens with one attached hydrogen (secondary N) is 2. The molecule has 2 rings (SSSR count). The zero-order chi connectivity index (χ0) is 25.5. The van der Waals surface area contributed by atoms with Crippen molar-refractivity contribution in [3.05, 3.63) is 60.0 Å². The first kappa shape index (κ1) is 26.9. The molecule has 0 aliphatic rings. The number of aromatic nitrogens is 1. The van der Waals surface area contributed by atoms with E-state index in [9.17, 15) is 9.90 Å². The maximum Gasteiger partial charge on any atom is 0.321 e. The summed E-state index contributed by atoms with van der Waals surface area (Å²) in [7, 11) is 0. The Bertz CT molecular complexity index is 1210. The Morgan fingerprint density at radius 1 is 1.26 bits per heavy atom. The highest BCUT2D eigenvalue weighted by Crippen LogP contribution is 2.35. The number of hydrogen-bond donors (Lipinski definition) is 3. The minimum Gasteiger partial charge on any atom is -0.384 e. The maximum atomic E-state index is 12.0. The van der Waals surface area contributed by atoms with E-state index in [2.05, 4.69) is 44.8 Å². The van der Waals surface area contributed by atoms with E-state index in [1.54, 1.807) is 26.3 Å². The number of aliphatic imine (C=N–C) groups is 2. The fourth-order valence-corrected chi connectivity index (χ4v) is 3.85. The number of thiazole rings is 1. The SMILES string of the molecule is C=C(C)N=C/C=C(\C)c1cc(/C(C=NC(=C)C(C)(C)O)=C/C)cc2nc(NC(=O)NCC)sc12. The minimum atomic E-state index is -1.11. The second-order valence-electron chi connectivity index (χ2n) is 8.25. The van der Waals surface area contributed by atoms with Crippen LogP contribution < -0.4 is 10.6 Å². The van der Waals surface area contributed by atoms with Crippen LogP contribution in [0.3, 0.4) is 0 Å². The van der Waals surface area contributed by atoms with Gasteiger partial charge in [-0.1, -0.05) is 30.6 Å². The number of carbonyl (C=O) groups is 1. The zero-order valence-corrected chi connectivity index (χ0v) is 21.5. The Kier molecular flexibility index (Phi) is 9.23. The first-order valence-corrected chi connectivity index (χ1v) is 11.8. The van der Waals surface area contributed by atoms with Gasteiger partial charge in [-0.25, -0.2) is 9.78 Å². The van der Waals surface area contributed by atoms with Gasteiger partial charge in [-0.05, 0) is 82.0 Å². The smallest absolute Gasteiger partial charge is 0.321 e. The van der Waals surface area contributed by atoms with Crippen molar-refractivity contribution < 1.29 is 9.90 Å². The molecule has 0 saturated carbocycles. The summed E-state index contributed by atoms with van der Waals surface area (Å²) in [4.78, 5) is 25.3. The number of benzene rings is 1. The largest absolute Gasteiger partial charge is 0.384 e. The summed E-state index contributed by atoms with van der Waals surface area (Å²) in [5.74, 6) is 0. The monoisotopic (exact) mass is 479 g/mol. The highest BCUT2D eigenvalue weighted by molar-refractivity contribution is 7.22. The predicted octanol–water partition coefficient (Wildman–Crippen LogP) is 6.20. The van der Waals surface area contributed by atoms with E-state index < -0.39 is 5.60 Å². The summed E-state index contributed by atoms with van der Waals surface area (Å²) in [6, 6.07) is 3.72. The molecule has 7 nitrogen and oxygen atoms in total. The van der Waals surface area contributed by atoms with Crippen molar-refractivity contribution in [2.75, 3.05) is 11.9 Å². The second-order valence-corrected chi connectivity index (χ2v) is 9.25. The lowest BCUT2D eigenvalue weighted by Crippen LogP contribution is -2.28. The van der Waals surface area contributed by atoms with Crippen molar-refractivity contribution >= 4 is 56.3 Å². The number of hydrogen-bond acceptors (Lipinski definition) is 6. The van der Waals surface area contributed by atoms with Crippen LogP contribution in [0, 0.1) is 0 Å². The highest BCUT2D eigenvalue weighted by Gasteiger charge is 2.17. The van der Waals surface area contributed by atoms with Crippen LogP contribution in [0.15, 0.2) is 58.8 Å². The molecule has 0 bridgehead atoms. The van der Waals surface area contributed by atoms with Gasteiger partial charge in [0.15, 0.2) is 5.13 Å². The van der Waals surface area contributed by atoms with E-state index in [1.165, 1.54) is 11.3 Å². The third kappa shape index (κ3) is 7.33. The molecule has 0 unspecified atom stereocenters. The van der Waals surface area contributed by atoms with E-state index >= 15 is 0 Å². The molecule has 0 spiro atoms. The fourth-order valence-electron chi connectivity index (χ4n) is 2.83. The molecule has 1 aromatic carbocycles. The molecular formula is C26H33N5O2S. The van der Waals surface area contributed by atoms with Gasteiger partial charge in [0.1, 0.15) is 5.60 Å². The molecule has 0 saturated heterocycles. The lowest BCUT2D eigenvalue weighted by atomic mass is 9.99. The fraction of sp³-hybridized carbons (Fsp3) is 0.308. The summed E-state index contributed by atoms with van der Waals surface area (Å²) in [6.45, 7) is 19.1. The van der Waals surface area contributed by atoms with Crippen LogP contribution in [0.2, 0.25) is 0 Å². The number of nitrogens with zero attached hydrogens (tertiary/aromatic N) is 3. The molecule has 34 heavy (non-hydrogen) atoms. The van der Waals surface area contributed by atoms with Gasteiger partial charge >= 0.3 is 6.03 Å². The van der Waals surface area contributed by atoms with Crippen LogP contribution in [0.5, 0.6) is 0 Å². The molecule has 0 fully saturated rings. The normalized spacial score (nSPS) is 13.1. The highest BCUT2D eigenvalue weighted by atomic mass is 32.1. The number of rotatable bonds is 9. The maximum absolute atomic E-state index is 12.0. The van der Waals surface area contributed by atoms with Crippen molar-refractivity contribution in [3.63, 3.8) is 0 Å². The lowest BCUT2D eigenvalue weighted by Gasteiger charge is -2.16. The van der Waals surface area contributed by atoms with E-state index in [0.717, 1.165) is 32.5 Å². The minimum absolute atomic E-state index is 0.296. The van der Waals surface area contributed by atoms with E-state index in [0.29, 0.717) is 23.1 Å². The van der Waals surface area contributed by atoms with Crippen molar-refractivity contribution in [2.45, 2.75) is 47.1 Å². The number of aliphatic hydroxyl groups is 1. The molecule has 1 aromatic heterocycles. The van der Waals surface area contributed by atoms with Crippen LogP contribution in [0.25, 0.3) is 21.4 Å². The number of amides is 2. The van der Waals surface area contributed by atoms with Crippen LogP contribution in [0.4, 0.5) is 9.93 Å². The van der Waals surface area contributed by atoms with Gasteiger partial charge in [0.25, 0.3) is 0 Å². The molecule has 0 aliphatic carbocycles. The zero-order valence-electron chi connectivity index (χ0n) is 20.7. The summed E-state index contributed by atoms with van der Waals surface area (Å²) in [5, 5.41) is 16.1. The van der Waals surface area contributed by atoms with Gasteiger partial charge in [0, 0.05) is 24.7 Å². The Labute approximate surface area is 205 Å². The number of carbonyl (C=O) groups excluding carboxylic acids is 1. The van der Waals surface area contributed by atoms with Crippen LogP contribution in [0.1, 0.15) is 52.7 Å². The third-order valence-corrected chi connectivity index (χ3v) is 5.82. The Hall–Kier alpha value is -3.36. The van der Waals surface area contributed by atoms with Crippen molar-refractivity contribution in [1.82, 2.24) is 10.3 Å². The van der Waals surface area contributed by atoms with Gasteiger partial charge in [-0.2, -0.15) is 0 Å². The topological polar surface area (TPSA) is 99.0 Å². The molecule has 180 valence electrons. The first-order chi connectivity index (χ1) is 16.0. The molecular weight excluding hydrogens is 446 g/mol. The average molecular weight is 480 g/mol. The van der Waals surface area contributed by atoms with Gasteiger partial charge in [0.05, 0.1) is 15.9 Å². The Morgan fingerprint density at radius 3 is 2.56 bits per heavy atom. The van der Waals surface area contributed by atoms with E-state index in [4.69, 9.17) is 0 Å². The van der Waals surface area contributed by atoms with Crippen LogP contribution >= 0.6 is 11.3 Å². The summed E-state index contributed by atoms with van der Waals surface area (Å²) in [6.07, 6.45) is 7.26. The van der Waals surface area contributed by atoms with Gasteiger partial charge in [-0.15, -0.1) is 0 Å². The molecule has 0 aliphatic heterocycles. The molecule has 2 aromatic rings. The van der Waals surface area contributed by atoms with Gasteiger partial charge in [0.2, 0.25) is 0 Å². The standard InChI is InChI=1S/C26H33N5O2S/c1-9-19(15-29-18(6)26(7,8)33)20-13-21(17(5)11-12-28-16(3)4)23-22(14-20)30-25(34-23)31-24(32)27-10-2/h9,11-15,33H,3,6,10H2,1-2,4-5,7-8H3,(H2,27,30,31,32)/b17-11+,19-9+,28-12?,29-15?. The van der Waals surface area contributed by atoms with Gasteiger partial charge in [-0.3, -0.25) is 15.3 Å². The Balaban J connectivity index is 2.61. The van der Waals surface area contributed by atoms with Crippen LogP contribution in [-0.2, 0) is 0 Å². The molecule has 0 atom stereocenters. The van der Waals surface area contributed by atoms with Crippen molar-refractivity contribution in [2.24, 2.45) is 9.98 Å². The average Bonchev–Trinajstić information content (AvgIpc) is 3.14. The summed E-state index contributed by atoms with van der Waals surface area (Å²) in [5.41, 5.74) is 4.43. The molecule has 8 heteroatoms. The van der Waals surface area contributed by atoms with Crippen molar-refractivity contribution in [3.8, 4) is 0 Å². The Morgan fingerprint density at radius 2 is 1.97 bits per heavy atom. The van der Waals surface area contributed by atoms with E-state index in [-0.39, 0.29) is 6.03 Å². The van der Waals surface area contributed by atoms with Crippen LogP contribution in [-0.4, -0.2) is 40.7 Å². The third-order valence-electron chi connectivity index (χ3n) is 4.80. The number of urea groups is 1. The van der Waals surface area contributed by atoms with E-state index in [1.807, 2.05) is 45.9 Å². The predicted molar refractivity (Wildman–Crippen MR) is 147 cm³/mol. The first-order valence-electron chi connectivity index (χ1n) is 10.9. The number of fused-ring (bicyclic) bond motifs is 1. The molecule has 2 amide bonds. The molecule has 0 radical (unpaired) electrons. The second kappa shape index (κ2) is 11.7. The molecule has 3 N–H and O–H groups in total. The van der Waals surface area contributed by atoms with Crippen molar-refractivity contribution in [1.29, 1.82) is 0 Å². The molecule has 1 heterocycles. The summed E-state index contributed by atoms with van der Waals surface area (Å²) >= 11 is 1.41. The number of allylic oxidation sites excluding steroid dienone is 5. The lowest BCUT2D eigenvalue weighted by molar-refractivity contribution is 0.119. The summed E-state index contributed by atoms with van der Waals surface area (Å²) < 4.78 is 0.946. The quantitative estimate of drug-likeness (QED) is 0.373. The number of anilines is 1.